The first kappa shape index (κ1) is 12.0. The number of ether oxygens (including phenoxy) is 1. The average molecular weight is 240 g/mol. The number of anilines is 2. The Labute approximate surface area is 107 Å². The molecule has 2 aromatic rings. The fourth-order valence-electron chi connectivity index (χ4n) is 1.65. The van der Waals surface area contributed by atoms with Crippen LogP contribution in [0.25, 0.3) is 12.2 Å². The fraction of sp³-hybridized carbons (Fsp3) is 0.0667. The highest BCUT2D eigenvalue weighted by molar-refractivity contribution is 5.77. The molecule has 2 rings (SSSR count). The van der Waals surface area contributed by atoms with Crippen LogP contribution in [-0.2, 0) is 0 Å². The molecule has 92 valence electrons. The Balaban J connectivity index is 2.19. The second kappa shape index (κ2) is 5.27. The molecule has 0 heterocycles. The monoisotopic (exact) mass is 240 g/mol. The van der Waals surface area contributed by atoms with E-state index in [1.54, 1.807) is 13.2 Å². The van der Waals surface area contributed by atoms with Crippen LogP contribution >= 0.6 is 0 Å². The van der Waals surface area contributed by atoms with Crippen LogP contribution in [0.3, 0.4) is 0 Å². The Hall–Kier alpha value is -2.42. The van der Waals surface area contributed by atoms with Gasteiger partial charge in [0.25, 0.3) is 0 Å². The van der Waals surface area contributed by atoms with Crippen LogP contribution < -0.4 is 16.2 Å². The molecule has 0 atom stereocenters. The minimum absolute atomic E-state index is 0.675. The van der Waals surface area contributed by atoms with Crippen molar-refractivity contribution in [1.29, 1.82) is 0 Å². The summed E-state index contributed by atoms with van der Waals surface area (Å²) in [7, 11) is 1.65. The third-order valence-corrected chi connectivity index (χ3v) is 2.68. The van der Waals surface area contributed by atoms with Crippen molar-refractivity contribution in [2.75, 3.05) is 18.6 Å². The molecule has 0 fully saturated rings. The zero-order valence-corrected chi connectivity index (χ0v) is 10.3. The fourth-order valence-corrected chi connectivity index (χ4v) is 1.65. The SMILES string of the molecule is COc1ccc(C=Cc2ccc(N)cc2N)cc1. The second-order valence-corrected chi connectivity index (χ2v) is 3.99. The van der Waals surface area contributed by atoms with Crippen molar-refractivity contribution in [2.45, 2.75) is 0 Å². The lowest BCUT2D eigenvalue weighted by molar-refractivity contribution is 0.415. The summed E-state index contributed by atoms with van der Waals surface area (Å²) >= 11 is 0. The third-order valence-electron chi connectivity index (χ3n) is 2.68. The van der Waals surface area contributed by atoms with Crippen LogP contribution in [0.2, 0.25) is 0 Å². The molecule has 4 N–H and O–H groups in total. The van der Waals surface area contributed by atoms with Gasteiger partial charge in [0.05, 0.1) is 7.11 Å². The minimum Gasteiger partial charge on any atom is -0.497 e. The van der Waals surface area contributed by atoms with E-state index < -0.39 is 0 Å². The molecule has 0 aromatic heterocycles. The van der Waals surface area contributed by atoms with E-state index in [2.05, 4.69) is 0 Å². The van der Waals surface area contributed by atoms with Crippen molar-refractivity contribution in [1.82, 2.24) is 0 Å². The molecule has 18 heavy (non-hydrogen) atoms. The van der Waals surface area contributed by atoms with E-state index in [4.69, 9.17) is 16.2 Å². The first-order valence-corrected chi connectivity index (χ1v) is 5.66. The average Bonchev–Trinajstić information content (AvgIpc) is 2.38. The highest BCUT2D eigenvalue weighted by Crippen LogP contribution is 2.19. The van der Waals surface area contributed by atoms with Crippen molar-refractivity contribution in [3.05, 3.63) is 53.6 Å². The summed E-state index contributed by atoms with van der Waals surface area (Å²) in [5, 5.41) is 0. The van der Waals surface area contributed by atoms with Gasteiger partial charge in [0, 0.05) is 11.4 Å². The molecular weight excluding hydrogens is 224 g/mol. The molecule has 0 aliphatic rings. The maximum absolute atomic E-state index is 5.88. The molecule has 3 nitrogen and oxygen atoms in total. The molecule has 0 spiro atoms. The van der Waals surface area contributed by atoms with Crippen molar-refractivity contribution >= 4 is 23.5 Å². The summed E-state index contributed by atoms with van der Waals surface area (Å²) in [5.74, 6) is 0.846. The van der Waals surface area contributed by atoms with Crippen LogP contribution in [0.5, 0.6) is 5.75 Å². The molecule has 0 bridgehead atoms. The number of methoxy groups -OCH3 is 1. The maximum atomic E-state index is 5.88. The zero-order valence-electron chi connectivity index (χ0n) is 10.3. The Kier molecular flexibility index (Phi) is 3.53. The highest BCUT2D eigenvalue weighted by atomic mass is 16.5. The maximum Gasteiger partial charge on any atom is 0.118 e. The Morgan fingerprint density at radius 1 is 0.944 bits per heavy atom. The number of hydrogen-bond donors (Lipinski definition) is 2. The topological polar surface area (TPSA) is 61.3 Å². The van der Waals surface area contributed by atoms with Crippen LogP contribution in [0.1, 0.15) is 11.1 Å². The molecule has 0 aliphatic carbocycles. The van der Waals surface area contributed by atoms with Gasteiger partial charge in [-0.3, -0.25) is 0 Å². The third kappa shape index (κ3) is 2.83. The van der Waals surface area contributed by atoms with E-state index in [0.29, 0.717) is 11.4 Å². The molecular formula is C15H16N2O. The largest absolute Gasteiger partial charge is 0.497 e. The molecule has 3 heteroatoms. The van der Waals surface area contributed by atoms with E-state index in [9.17, 15) is 0 Å². The van der Waals surface area contributed by atoms with Gasteiger partial charge < -0.3 is 16.2 Å². The first-order valence-electron chi connectivity index (χ1n) is 5.66. The molecule has 2 aromatic carbocycles. The smallest absolute Gasteiger partial charge is 0.118 e. The minimum atomic E-state index is 0.675. The van der Waals surface area contributed by atoms with Crippen molar-refractivity contribution in [3.63, 3.8) is 0 Å². The summed E-state index contributed by atoms with van der Waals surface area (Å²) in [6.07, 6.45) is 3.97. The standard InChI is InChI=1S/C15H16N2O/c1-18-14-8-3-11(4-9-14)2-5-12-6-7-13(16)10-15(12)17/h2-10H,16-17H2,1H3. The lowest BCUT2D eigenvalue weighted by atomic mass is 10.1. The molecule has 0 unspecified atom stereocenters. The van der Waals surface area contributed by atoms with Crippen LogP contribution in [0.4, 0.5) is 11.4 Å². The molecule has 0 radical (unpaired) electrons. The van der Waals surface area contributed by atoms with Gasteiger partial charge in [0.1, 0.15) is 5.75 Å². The Morgan fingerprint density at radius 2 is 1.67 bits per heavy atom. The first-order chi connectivity index (χ1) is 8.69. The van der Waals surface area contributed by atoms with E-state index in [1.807, 2.05) is 48.6 Å². The normalized spacial score (nSPS) is 10.7. The van der Waals surface area contributed by atoms with Gasteiger partial charge in [0.15, 0.2) is 0 Å². The lowest BCUT2D eigenvalue weighted by Gasteiger charge is -2.02. The highest BCUT2D eigenvalue weighted by Gasteiger charge is 1.95. The van der Waals surface area contributed by atoms with E-state index >= 15 is 0 Å². The number of benzene rings is 2. The summed E-state index contributed by atoms with van der Waals surface area (Å²) in [5.41, 5.74) is 14.9. The van der Waals surface area contributed by atoms with Crippen molar-refractivity contribution in [2.24, 2.45) is 0 Å². The van der Waals surface area contributed by atoms with Crippen LogP contribution in [-0.4, -0.2) is 7.11 Å². The summed E-state index contributed by atoms with van der Waals surface area (Å²) in [4.78, 5) is 0. The Bertz CT molecular complexity index is 559. The van der Waals surface area contributed by atoms with Gasteiger partial charge in [-0.25, -0.2) is 0 Å². The summed E-state index contributed by atoms with van der Waals surface area (Å²) in [6, 6.07) is 13.3. The van der Waals surface area contributed by atoms with E-state index in [-0.39, 0.29) is 0 Å². The predicted molar refractivity (Wildman–Crippen MR) is 77.2 cm³/mol. The lowest BCUT2D eigenvalue weighted by Crippen LogP contribution is -1.92. The molecule has 0 saturated heterocycles. The van der Waals surface area contributed by atoms with Gasteiger partial charge in [-0.2, -0.15) is 0 Å². The predicted octanol–water partition coefficient (Wildman–Crippen LogP) is 3.03. The Morgan fingerprint density at radius 3 is 2.28 bits per heavy atom. The van der Waals surface area contributed by atoms with Gasteiger partial charge in [-0.1, -0.05) is 30.4 Å². The van der Waals surface area contributed by atoms with Gasteiger partial charge in [0.2, 0.25) is 0 Å². The molecule has 0 saturated carbocycles. The summed E-state index contributed by atoms with van der Waals surface area (Å²) in [6.45, 7) is 0. The zero-order chi connectivity index (χ0) is 13.0. The number of nitrogens with two attached hydrogens (primary N) is 2. The number of hydrogen-bond acceptors (Lipinski definition) is 3. The van der Waals surface area contributed by atoms with Crippen LogP contribution in [0.15, 0.2) is 42.5 Å². The van der Waals surface area contributed by atoms with E-state index in [1.165, 1.54) is 0 Å². The number of rotatable bonds is 3. The summed E-state index contributed by atoms with van der Waals surface area (Å²) < 4.78 is 5.11. The molecule has 0 aliphatic heterocycles. The quantitative estimate of drug-likeness (QED) is 0.640. The van der Waals surface area contributed by atoms with Gasteiger partial charge in [-0.15, -0.1) is 0 Å². The van der Waals surface area contributed by atoms with Crippen molar-refractivity contribution < 1.29 is 4.74 Å². The number of nitrogen functional groups attached to an aromatic ring is 2. The molecule has 0 amide bonds. The van der Waals surface area contributed by atoms with Gasteiger partial charge >= 0.3 is 0 Å². The second-order valence-electron chi connectivity index (χ2n) is 3.99. The van der Waals surface area contributed by atoms with Gasteiger partial charge in [-0.05, 0) is 35.4 Å². The van der Waals surface area contributed by atoms with Crippen LogP contribution in [0, 0.1) is 0 Å². The van der Waals surface area contributed by atoms with Crippen molar-refractivity contribution in [3.8, 4) is 5.75 Å². The van der Waals surface area contributed by atoms with E-state index in [0.717, 1.165) is 16.9 Å².